The van der Waals surface area contributed by atoms with E-state index in [4.69, 9.17) is 16.3 Å². The maximum atomic E-state index is 13.0. The molecule has 9 heteroatoms. The fourth-order valence-corrected chi connectivity index (χ4v) is 3.59. The highest BCUT2D eigenvalue weighted by Crippen LogP contribution is 2.38. The predicted octanol–water partition coefficient (Wildman–Crippen LogP) is 5.21. The first-order valence-electron chi connectivity index (χ1n) is 9.20. The van der Waals surface area contributed by atoms with Crippen molar-refractivity contribution < 1.29 is 17.9 Å². The van der Waals surface area contributed by atoms with E-state index in [9.17, 15) is 18.0 Å². The molecule has 0 N–H and O–H groups in total. The van der Waals surface area contributed by atoms with Gasteiger partial charge >= 0.3 is 11.9 Å². The van der Waals surface area contributed by atoms with Gasteiger partial charge in [0.05, 0.1) is 16.3 Å². The molecule has 0 saturated heterocycles. The Bertz CT molecular complexity index is 1140. The van der Waals surface area contributed by atoms with Crippen molar-refractivity contribution in [2.24, 2.45) is 0 Å². The molecular formula is C21H17ClF3N3O2. The molecule has 0 radical (unpaired) electrons. The van der Waals surface area contributed by atoms with Gasteiger partial charge in [-0.1, -0.05) is 11.6 Å². The molecule has 2 heterocycles. The van der Waals surface area contributed by atoms with Crippen molar-refractivity contribution in [2.45, 2.75) is 19.1 Å². The molecule has 0 bridgehead atoms. The summed E-state index contributed by atoms with van der Waals surface area (Å²) in [6, 6.07) is 11.9. The van der Waals surface area contributed by atoms with Gasteiger partial charge in [-0.15, -0.1) is 0 Å². The number of alkyl halides is 3. The highest BCUT2D eigenvalue weighted by atomic mass is 35.5. The summed E-state index contributed by atoms with van der Waals surface area (Å²) in [4.78, 5) is 18.5. The molecule has 156 valence electrons. The molecule has 0 atom stereocenters. The lowest BCUT2D eigenvalue weighted by Crippen LogP contribution is -2.36. The van der Waals surface area contributed by atoms with Crippen LogP contribution in [-0.4, -0.2) is 23.1 Å². The molecular weight excluding hydrogens is 419 g/mol. The number of aromatic nitrogens is 2. The molecule has 1 aliphatic rings. The zero-order chi connectivity index (χ0) is 21.5. The quantitative estimate of drug-likeness (QED) is 0.566. The maximum Gasteiger partial charge on any atom is 0.417 e. The van der Waals surface area contributed by atoms with Gasteiger partial charge in [-0.25, -0.2) is 4.79 Å². The van der Waals surface area contributed by atoms with Crippen LogP contribution in [-0.2, 0) is 12.7 Å². The second-order valence-electron chi connectivity index (χ2n) is 6.97. The van der Waals surface area contributed by atoms with E-state index >= 15 is 0 Å². The summed E-state index contributed by atoms with van der Waals surface area (Å²) < 4.78 is 46.2. The summed E-state index contributed by atoms with van der Waals surface area (Å²) in [5.74, 6) is 1.17. The molecule has 0 aliphatic carbocycles. The van der Waals surface area contributed by atoms with Gasteiger partial charge in [-0.2, -0.15) is 18.2 Å². The largest absolute Gasteiger partial charge is 0.457 e. The second-order valence-corrected chi connectivity index (χ2v) is 7.38. The Kier molecular flexibility index (Phi) is 5.19. The molecule has 1 aliphatic heterocycles. The van der Waals surface area contributed by atoms with Crippen molar-refractivity contribution >= 4 is 17.4 Å². The van der Waals surface area contributed by atoms with Crippen molar-refractivity contribution in [1.29, 1.82) is 0 Å². The van der Waals surface area contributed by atoms with Crippen LogP contribution < -0.4 is 15.3 Å². The number of nitrogens with zero attached hydrogens (tertiary/aromatic N) is 3. The molecule has 0 fully saturated rings. The van der Waals surface area contributed by atoms with E-state index < -0.39 is 11.7 Å². The van der Waals surface area contributed by atoms with E-state index in [1.54, 1.807) is 28.8 Å². The van der Waals surface area contributed by atoms with Crippen LogP contribution >= 0.6 is 11.6 Å². The Balaban J connectivity index is 1.59. The molecule has 0 amide bonds. The van der Waals surface area contributed by atoms with Gasteiger partial charge in [0.15, 0.2) is 0 Å². The zero-order valence-electron chi connectivity index (χ0n) is 15.9. The topological polar surface area (TPSA) is 47.4 Å². The van der Waals surface area contributed by atoms with Crippen molar-refractivity contribution in [2.75, 3.05) is 18.5 Å². The van der Waals surface area contributed by atoms with Crippen LogP contribution in [0.3, 0.4) is 0 Å². The lowest BCUT2D eigenvalue weighted by molar-refractivity contribution is -0.137. The van der Waals surface area contributed by atoms with E-state index in [2.05, 4.69) is 4.98 Å². The van der Waals surface area contributed by atoms with Gasteiger partial charge in [-0.3, -0.25) is 4.57 Å². The number of hydrogen-bond donors (Lipinski definition) is 0. The average Bonchev–Trinajstić information content (AvgIpc) is 2.70. The fourth-order valence-electron chi connectivity index (χ4n) is 3.36. The third-order valence-electron chi connectivity index (χ3n) is 4.88. The van der Waals surface area contributed by atoms with E-state index in [-0.39, 0.29) is 16.5 Å². The van der Waals surface area contributed by atoms with E-state index in [1.165, 1.54) is 6.07 Å². The summed E-state index contributed by atoms with van der Waals surface area (Å²) >= 11 is 5.63. The highest BCUT2D eigenvalue weighted by Gasteiger charge is 2.33. The van der Waals surface area contributed by atoms with Crippen molar-refractivity contribution in [3.63, 3.8) is 0 Å². The summed E-state index contributed by atoms with van der Waals surface area (Å²) in [6.07, 6.45) is -3.68. The normalized spacial score (nSPS) is 13.8. The summed E-state index contributed by atoms with van der Waals surface area (Å²) in [5, 5.41) is -0.389. The number of halogens is 4. The standard InChI is InChI=1S/C21H17ClF3N3O2/c1-27-9-2-10-28-19(27)12-18(26-20(28)29)13-3-5-14(6-4-13)30-15-7-8-17(22)16(11-15)21(23,24)25/h3-8,11-12H,2,9-10H2,1H3. The maximum absolute atomic E-state index is 13.0. The molecule has 0 spiro atoms. The zero-order valence-corrected chi connectivity index (χ0v) is 16.7. The van der Waals surface area contributed by atoms with Gasteiger partial charge in [0.25, 0.3) is 0 Å². The summed E-state index contributed by atoms with van der Waals surface area (Å²) in [7, 11) is 1.92. The van der Waals surface area contributed by atoms with Crippen molar-refractivity contribution in [1.82, 2.24) is 9.55 Å². The number of ether oxygens (including phenoxy) is 1. The van der Waals surface area contributed by atoms with Gasteiger partial charge < -0.3 is 9.64 Å². The average molecular weight is 436 g/mol. The first-order chi connectivity index (χ1) is 14.2. The van der Waals surface area contributed by atoms with Crippen LogP contribution in [0.5, 0.6) is 11.5 Å². The lowest BCUT2D eigenvalue weighted by Gasteiger charge is -2.28. The Morgan fingerprint density at radius 3 is 2.43 bits per heavy atom. The van der Waals surface area contributed by atoms with Crippen molar-refractivity contribution in [3.8, 4) is 22.8 Å². The highest BCUT2D eigenvalue weighted by molar-refractivity contribution is 6.31. The smallest absolute Gasteiger partial charge is 0.417 e. The van der Waals surface area contributed by atoms with Crippen LogP contribution in [0.25, 0.3) is 11.3 Å². The van der Waals surface area contributed by atoms with Gasteiger partial charge in [-0.05, 0) is 48.9 Å². The SMILES string of the molecule is CN1CCCn2c1cc(-c1ccc(Oc3ccc(Cl)c(C(F)(F)F)c3)cc1)nc2=O. The van der Waals surface area contributed by atoms with E-state index in [1.807, 2.05) is 18.0 Å². The Morgan fingerprint density at radius 2 is 1.73 bits per heavy atom. The predicted molar refractivity (Wildman–Crippen MR) is 108 cm³/mol. The number of hydrogen-bond acceptors (Lipinski definition) is 4. The van der Waals surface area contributed by atoms with Gasteiger partial charge in [0.1, 0.15) is 17.3 Å². The van der Waals surface area contributed by atoms with Gasteiger partial charge in [0, 0.05) is 31.8 Å². The van der Waals surface area contributed by atoms with Crippen molar-refractivity contribution in [3.05, 3.63) is 69.6 Å². The minimum Gasteiger partial charge on any atom is -0.457 e. The van der Waals surface area contributed by atoms with E-state index in [0.29, 0.717) is 23.6 Å². The molecule has 0 unspecified atom stereocenters. The Hall–Kier alpha value is -3.00. The summed E-state index contributed by atoms with van der Waals surface area (Å²) in [6.45, 7) is 1.50. The molecule has 2 aromatic carbocycles. The molecule has 0 saturated carbocycles. The van der Waals surface area contributed by atoms with Crippen LogP contribution in [0.4, 0.5) is 19.0 Å². The number of benzene rings is 2. The van der Waals surface area contributed by atoms with Crippen LogP contribution in [0.15, 0.2) is 53.3 Å². The molecule has 4 rings (SSSR count). The third kappa shape index (κ3) is 4.00. The monoisotopic (exact) mass is 435 g/mol. The minimum atomic E-state index is -4.57. The molecule has 5 nitrogen and oxygen atoms in total. The van der Waals surface area contributed by atoms with Crippen LogP contribution in [0.2, 0.25) is 5.02 Å². The number of rotatable bonds is 3. The molecule has 3 aromatic rings. The Labute approximate surface area is 175 Å². The first kappa shape index (κ1) is 20.3. The van der Waals surface area contributed by atoms with Gasteiger partial charge in [0.2, 0.25) is 0 Å². The second kappa shape index (κ2) is 7.68. The van der Waals surface area contributed by atoms with Crippen LogP contribution in [0, 0.1) is 0 Å². The lowest BCUT2D eigenvalue weighted by atomic mass is 10.1. The van der Waals surface area contributed by atoms with E-state index in [0.717, 1.165) is 30.9 Å². The van der Waals surface area contributed by atoms with Crippen LogP contribution in [0.1, 0.15) is 12.0 Å². The molecule has 1 aromatic heterocycles. The number of fused-ring (bicyclic) bond motifs is 1. The Morgan fingerprint density at radius 1 is 1.03 bits per heavy atom. The minimum absolute atomic E-state index is 0.0197. The number of anilines is 1. The first-order valence-corrected chi connectivity index (χ1v) is 9.58. The third-order valence-corrected chi connectivity index (χ3v) is 5.21. The molecule has 30 heavy (non-hydrogen) atoms. The fraction of sp³-hybridized carbons (Fsp3) is 0.238. The summed E-state index contributed by atoms with van der Waals surface area (Å²) in [5.41, 5.74) is -0.0392.